The van der Waals surface area contributed by atoms with Gasteiger partial charge in [0.25, 0.3) is 5.91 Å². The fourth-order valence-corrected chi connectivity index (χ4v) is 2.44. The van der Waals surface area contributed by atoms with Gasteiger partial charge in [-0.1, -0.05) is 12.1 Å². The number of nitrogens with zero attached hydrogens (tertiary/aromatic N) is 1. The summed E-state index contributed by atoms with van der Waals surface area (Å²) in [4.78, 5) is 12.3. The first-order valence-electron chi connectivity index (χ1n) is 7.61. The van der Waals surface area contributed by atoms with Crippen LogP contribution in [0.1, 0.15) is 15.9 Å². The minimum atomic E-state index is -0.461. The van der Waals surface area contributed by atoms with Gasteiger partial charge >= 0.3 is 0 Å². The molecule has 0 atom stereocenters. The normalized spacial score (nSPS) is 10.6. The van der Waals surface area contributed by atoms with Gasteiger partial charge in [0.2, 0.25) is 0 Å². The van der Waals surface area contributed by atoms with Crippen molar-refractivity contribution in [2.45, 2.75) is 6.42 Å². The second-order valence-electron chi connectivity index (χ2n) is 5.38. The SMILES string of the molecule is O=C(Nc1ccc(CCO)cc1)c1ccc(-n2cccc2)c(F)c1. The van der Waals surface area contributed by atoms with E-state index >= 15 is 0 Å². The summed E-state index contributed by atoms with van der Waals surface area (Å²) in [7, 11) is 0. The van der Waals surface area contributed by atoms with Crippen molar-refractivity contribution in [1.29, 1.82) is 0 Å². The van der Waals surface area contributed by atoms with Crippen molar-refractivity contribution >= 4 is 11.6 Å². The Morgan fingerprint density at radius 1 is 1.08 bits per heavy atom. The number of rotatable bonds is 5. The first kappa shape index (κ1) is 16.0. The third-order valence-corrected chi connectivity index (χ3v) is 3.70. The van der Waals surface area contributed by atoms with Crippen molar-refractivity contribution in [2.75, 3.05) is 11.9 Å². The fraction of sp³-hybridized carbons (Fsp3) is 0.105. The van der Waals surface area contributed by atoms with Gasteiger partial charge < -0.3 is 15.0 Å². The molecule has 2 aromatic carbocycles. The zero-order valence-electron chi connectivity index (χ0n) is 12.9. The van der Waals surface area contributed by atoms with E-state index in [1.807, 2.05) is 12.1 Å². The summed E-state index contributed by atoms with van der Waals surface area (Å²) >= 11 is 0. The molecule has 0 radical (unpaired) electrons. The molecule has 0 unspecified atom stereocenters. The first-order valence-corrected chi connectivity index (χ1v) is 7.61. The standard InChI is InChI=1S/C19H17FN2O2/c20-17-13-15(5-8-18(17)22-10-1-2-11-22)19(24)21-16-6-3-14(4-7-16)9-12-23/h1-8,10-11,13,23H,9,12H2,(H,21,24). The maximum absolute atomic E-state index is 14.2. The largest absolute Gasteiger partial charge is 0.396 e. The maximum Gasteiger partial charge on any atom is 0.255 e. The van der Waals surface area contributed by atoms with Crippen LogP contribution in [-0.4, -0.2) is 22.2 Å². The summed E-state index contributed by atoms with van der Waals surface area (Å²) in [5.41, 5.74) is 2.25. The van der Waals surface area contributed by atoms with E-state index in [2.05, 4.69) is 5.32 Å². The lowest BCUT2D eigenvalue weighted by atomic mass is 10.1. The Kier molecular flexibility index (Phi) is 4.72. The number of aromatic nitrogens is 1. The van der Waals surface area contributed by atoms with E-state index in [0.717, 1.165) is 5.56 Å². The van der Waals surface area contributed by atoms with Crippen LogP contribution in [0.25, 0.3) is 5.69 Å². The van der Waals surface area contributed by atoms with Crippen LogP contribution in [0.4, 0.5) is 10.1 Å². The molecule has 122 valence electrons. The van der Waals surface area contributed by atoms with Gasteiger partial charge in [-0.25, -0.2) is 4.39 Å². The first-order chi connectivity index (χ1) is 11.7. The van der Waals surface area contributed by atoms with Crippen LogP contribution in [0.15, 0.2) is 67.0 Å². The number of aliphatic hydroxyl groups excluding tert-OH is 1. The molecular weight excluding hydrogens is 307 g/mol. The third kappa shape index (κ3) is 3.52. The average Bonchev–Trinajstić information content (AvgIpc) is 3.11. The molecule has 1 aromatic heterocycles. The van der Waals surface area contributed by atoms with Gasteiger partial charge in [-0.2, -0.15) is 0 Å². The lowest BCUT2D eigenvalue weighted by molar-refractivity contribution is 0.102. The van der Waals surface area contributed by atoms with E-state index in [9.17, 15) is 9.18 Å². The predicted molar refractivity (Wildman–Crippen MR) is 90.9 cm³/mol. The van der Waals surface area contributed by atoms with Crippen LogP contribution in [0.2, 0.25) is 0 Å². The summed E-state index contributed by atoms with van der Waals surface area (Å²) in [6.07, 6.45) is 4.05. The molecule has 0 saturated heterocycles. The summed E-state index contributed by atoms with van der Waals surface area (Å²) in [5, 5.41) is 11.6. The van der Waals surface area contributed by atoms with E-state index in [1.54, 1.807) is 53.4 Å². The highest BCUT2D eigenvalue weighted by Gasteiger charge is 2.11. The van der Waals surface area contributed by atoms with Crippen LogP contribution in [0.5, 0.6) is 0 Å². The van der Waals surface area contributed by atoms with Crippen molar-refractivity contribution in [3.63, 3.8) is 0 Å². The Morgan fingerprint density at radius 3 is 2.42 bits per heavy atom. The summed E-state index contributed by atoms with van der Waals surface area (Å²) in [6.45, 7) is 0.0821. The Balaban J connectivity index is 1.74. The van der Waals surface area contributed by atoms with Gasteiger partial charge in [-0.15, -0.1) is 0 Å². The van der Waals surface area contributed by atoms with Crippen LogP contribution >= 0.6 is 0 Å². The van der Waals surface area contributed by atoms with E-state index in [0.29, 0.717) is 17.8 Å². The molecule has 5 heteroatoms. The molecule has 4 nitrogen and oxygen atoms in total. The predicted octanol–water partition coefficient (Wildman–Crippen LogP) is 3.40. The highest BCUT2D eigenvalue weighted by molar-refractivity contribution is 6.04. The lowest BCUT2D eigenvalue weighted by Gasteiger charge is -2.09. The van der Waals surface area contributed by atoms with E-state index in [1.165, 1.54) is 6.07 Å². The molecule has 2 N–H and O–H groups in total. The van der Waals surface area contributed by atoms with Crippen molar-refractivity contribution in [3.05, 3.63) is 83.9 Å². The molecule has 1 heterocycles. The van der Waals surface area contributed by atoms with E-state index < -0.39 is 5.82 Å². The van der Waals surface area contributed by atoms with Gasteiger partial charge in [-0.3, -0.25) is 4.79 Å². The van der Waals surface area contributed by atoms with Gasteiger partial charge in [0.15, 0.2) is 0 Å². The molecule has 0 saturated carbocycles. The van der Waals surface area contributed by atoms with Gasteiger partial charge in [0.1, 0.15) is 5.82 Å². The molecule has 0 spiro atoms. The lowest BCUT2D eigenvalue weighted by Crippen LogP contribution is -2.12. The molecule has 0 aliphatic rings. The van der Waals surface area contributed by atoms with Crippen molar-refractivity contribution in [1.82, 2.24) is 4.57 Å². The van der Waals surface area contributed by atoms with Crippen molar-refractivity contribution in [2.24, 2.45) is 0 Å². The van der Waals surface area contributed by atoms with Crippen LogP contribution in [0.3, 0.4) is 0 Å². The minimum absolute atomic E-state index is 0.0821. The quantitative estimate of drug-likeness (QED) is 0.756. The smallest absolute Gasteiger partial charge is 0.255 e. The molecule has 1 amide bonds. The number of amides is 1. The zero-order valence-corrected chi connectivity index (χ0v) is 12.9. The number of hydrogen-bond acceptors (Lipinski definition) is 2. The monoisotopic (exact) mass is 324 g/mol. The number of carbonyl (C=O) groups is 1. The Morgan fingerprint density at radius 2 is 1.79 bits per heavy atom. The van der Waals surface area contributed by atoms with Crippen LogP contribution in [-0.2, 0) is 6.42 Å². The summed E-state index contributed by atoms with van der Waals surface area (Å²) in [6, 6.07) is 15.2. The molecule has 3 rings (SSSR count). The molecular formula is C19H17FN2O2. The van der Waals surface area contributed by atoms with Crippen molar-refractivity contribution < 1.29 is 14.3 Å². The number of nitrogens with one attached hydrogen (secondary N) is 1. The number of hydrogen-bond donors (Lipinski definition) is 2. The Labute approximate surface area is 139 Å². The van der Waals surface area contributed by atoms with E-state index in [4.69, 9.17) is 5.11 Å². The average molecular weight is 324 g/mol. The van der Waals surface area contributed by atoms with Crippen LogP contribution < -0.4 is 5.32 Å². The number of halogens is 1. The maximum atomic E-state index is 14.2. The zero-order chi connectivity index (χ0) is 16.9. The van der Waals surface area contributed by atoms with E-state index in [-0.39, 0.29) is 18.1 Å². The van der Waals surface area contributed by atoms with Crippen molar-refractivity contribution in [3.8, 4) is 5.69 Å². The molecule has 0 bridgehead atoms. The molecule has 0 aliphatic carbocycles. The van der Waals surface area contributed by atoms with Gasteiger partial charge in [0.05, 0.1) is 5.69 Å². The Hall–Kier alpha value is -2.92. The summed E-state index contributed by atoms with van der Waals surface area (Å²) < 4.78 is 15.9. The fourth-order valence-electron chi connectivity index (χ4n) is 2.44. The van der Waals surface area contributed by atoms with Crippen LogP contribution in [0, 0.1) is 5.82 Å². The molecule has 3 aromatic rings. The minimum Gasteiger partial charge on any atom is -0.396 e. The van der Waals surface area contributed by atoms with Gasteiger partial charge in [-0.05, 0) is 54.4 Å². The van der Waals surface area contributed by atoms with Gasteiger partial charge in [0, 0.05) is 30.3 Å². The third-order valence-electron chi connectivity index (χ3n) is 3.70. The highest BCUT2D eigenvalue weighted by Crippen LogP contribution is 2.17. The number of carbonyl (C=O) groups excluding carboxylic acids is 1. The highest BCUT2D eigenvalue weighted by atomic mass is 19.1. The Bertz CT molecular complexity index is 827. The topological polar surface area (TPSA) is 54.3 Å². The molecule has 24 heavy (non-hydrogen) atoms. The number of benzene rings is 2. The molecule has 0 aliphatic heterocycles. The second-order valence-corrected chi connectivity index (χ2v) is 5.38. The molecule has 0 fully saturated rings. The summed E-state index contributed by atoms with van der Waals surface area (Å²) in [5.74, 6) is -0.833. The number of anilines is 1. The second kappa shape index (κ2) is 7.10. The number of aliphatic hydroxyl groups is 1.